The largest absolute Gasteiger partial charge is 0.309 e. The van der Waals surface area contributed by atoms with E-state index in [1.54, 1.807) is 6.07 Å². The van der Waals surface area contributed by atoms with Crippen molar-refractivity contribution in [1.82, 2.24) is 4.57 Å². The summed E-state index contributed by atoms with van der Waals surface area (Å²) in [4.78, 5) is 12.5. The highest BCUT2D eigenvalue weighted by molar-refractivity contribution is 5.95. The molecule has 118 valence electrons. The Labute approximate surface area is 144 Å². The van der Waals surface area contributed by atoms with E-state index in [0.717, 1.165) is 27.8 Å². The van der Waals surface area contributed by atoms with Crippen LogP contribution in [0.4, 0.5) is 0 Å². The number of benzene rings is 4. The van der Waals surface area contributed by atoms with Crippen molar-refractivity contribution >= 4 is 21.7 Å². The van der Waals surface area contributed by atoms with Crippen molar-refractivity contribution < 1.29 is 0 Å². The first-order chi connectivity index (χ1) is 12.3. The van der Waals surface area contributed by atoms with Crippen LogP contribution >= 0.6 is 0 Å². The summed E-state index contributed by atoms with van der Waals surface area (Å²) < 4.78 is 2.20. The topological polar surface area (TPSA) is 22.0 Å². The van der Waals surface area contributed by atoms with E-state index in [2.05, 4.69) is 53.1 Å². The van der Waals surface area contributed by atoms with Crippen LogP contribution in [0, 0.1) is 0 Å². The van der Waals surface area contributed by atoms with Crippen LogP contribution in [0.2, 0.25) is 0 Å². The molecule has 2 nitrogen and oxygen atoms in total. The van der Waals surface area contributed by atoms with Gasteiger partial charge in [0.05, 0.1) is 16.9 Å². The minimum Gasteiger partial charge on any atom is -0.309 e. The molecule has 0 fully saturated rings. The lowest BCUT2D eigenvalue weighted by Gasteiger charge is -2.20. The van der Waals surface area contributed by atoms with Gasteiger partial charge in [-0.15, -0.1) is 0 Å². The van der Waals surface area contributed by atoms with Gasteiger partial charge in [-0.2, -0.15) is 0 Å². The van der Waals surface area contributed by atoms with Crippen LogP contribution in [0.25, 0.3) is 38.6 Å². The van der Waals surface area contributed by atoms with Crippen LogP contribution in [-0.4, -0.2) is 4.57 Å². The quantitative estimate of drug-likeness (QED) is 0.387. The predicted octanol–water partition coefficient (Wildman–Crippen LogP) is 5.25. The van der Waals surface area contributed by atoms with Gasteiger partial charge in [0.15, 0.2) is 5.43 Å². The van der Waals surface area contributed by atoms with Crippen molar-refractivity contribution in [1.29, 1.82) is 0 Å². The fourth-order valence-electron chi connectivity index (χ4n) is 3.63. The van der Waals surface area contributed by atoms with Gasteiger partial charge in [0.1, 0.15) is 0 Å². The first kappa shape index (κ1) is 14.0. The molecule has 2 aliphatic rings. The van der Waals surface area contributed by atoms with Crippen LogP contribution in [0.5, 0.6) is 0 Å². The van der Waals surface area contributed by atoms with E-state index in [9.17, 15) is 4.79 Å². The van der Waals surface area contributed by atoms with Gasteiger partial charge in [0.2, 0.25) is 0 Å². The summed E-state index contributed by atoms with van der Waals surface area (Å²) in [6, 6.07) is 30.3. The SMILES string of the molecule is O=c1cccc2n(-c3cccc4ccccc34)c3ccccc3cc1-2. The van der Waals surface area contributed by atoms with E-state index in [-0.39, 0.29) is 5.43 Å². The molecule has 0 spiro atoms. The standard InChI is InChI=1S/C23H15NO/c25-23-14-6-13-22-19(23)15-17-8-2-4-11-20(17)24(22)21-12-5-9-16-7-1-3-10-18(16)21/h1-15H. The number of nitrogens with zero attached hydrogens (tertiary/aromatic N) is 1. The molecule has 0 radical (unpaired) electrons. The fraction of sp³-hybridized carbons (Fsp3) is 0. The second kappa shape index (κ2) is 5.32. The van der Waals surface area contributed by atoms with Crippen molar-refractivity contribution in [2.24, 2.45) is 0 Å². The van der Waals surface area contributed by atoms with Crippen LogP contribution in [0.1, 0.15) is 0 Å². The molecule has 1 aliphatic heterocycles. The second-order valence-electron chi connectivity index (χ2n) is 6.23. The lowest BCUT2D eigenvalue weighted by Crippen LogP contribution is -2.11. The maximum Gasteiger partial charge on any atom is 0.187 e. The number of pyridine rings is 1. The normalized spacial score (nSPS) is 11.4. The first-order valence-corrected chi connectivity index (χ1v) is 8.35. The molecule has 3 aromatic rings. The Morgan fingerprint density at radius 3 is 2.28 bits per heavy atom. The van der Waals surface area contributed by atoms with E-state index >= 15 is 0 Å². The second-order valence-corrected chi connectivity index (χ2v) is 6.23. The zero-order valence-corrected chi connectivity index (χ0v) is 13.5. The summed E-state index contributed by atoms with van der Waals surface area (Å²) in [7, 11) is 0. The molecule has 0 bridgehead atoms. The minimum atomic E-state index is 0.0530. The van der Waals surface area contributed by atoms with E-state index in [0.29, 0.717) is 0 Å². The highest BCUT2D eigenvalue weighted by Gasteiger charge is 2.15. The van der Waals surface area contributed by atoms with E-state index < -0.39 is 0 Å². The molecule has 1 heterocycles. The molecule has 0 saturated heterocycles. The number of hydrogen-bond donors (Lipinski definition) is 0. The van der Waals surface area contributed by atoms with Gasteiger partial charge in [-0.1, -0.05) is 60.7 Å². The molecule has 0 atom stereocenters. The van der Waals surface area contributed by atoms with Gasteiger partial charge in [0.25, 0.3) is 0 Å². The zero-order chi connectivity index (χ0) is 16.8. The van der Waals surface area contributed by atoms with Crippen molar-refractivity contribution in [3.8, 4) is 16.9 Å². The predicted molar refractivity (Wildman–Crippen MR) is 104 cm³/mol. The molecule has 25 heavy (non-hydrogen) atoms. The minimum absolute atomic E-state index is 0.0530. The van der Waals surface area contributed by atoms with Crippen LogP contribution in [-0.2, 0) is 0 Å². The smallest absolute Gasteiger partial charge is 0.187 e. The highest BCUT2D eigenvalue weighted by Crippen LogP contribution is 2.32. The Morgan fingerprint density at radius 2 is 1.36 bits per heavy atom. The number of rotatable bonds is 1. The molecule has 2 heteroatoms. The maximum atomic E-state index is 12.5. The Bertz CT molecular complexity index is 1260. The third-order valence-electron chi connectivity index (χ3n) is 4.77. The van der Waals surface area contributed by atoms with Gasteiger partial charge in [-0.25, -0.2) is 0 Å². The summed E-state index contributed by atoms with van der Waals surface area (Å²) in [5.41, 5.74) is 3.91. The summed E-state index contributed by atoms with van der Waals surface area (Å²) in [6.45, 7) is 0. The third kappa shape index (κ3) is 2.08. The third-order valence-corrected chi connectivity index (χ3v) is 4.77. The molecule has 1 aliphatic carbocycles. The molecule has 0 amide bonds. The molecule has 0 aromatic heterocycles. The molecular weight excluding hydrogens is 306 g/mol. The van der Waals surface area contributed by atoms with Crippen LogP contribution in [0.15, 0.2) is 95.8 Å². The maximum absolute atomic E-state index is 12.5. The van der Waals surface area contributed by atoms with Gasteiger partial charge < -0.3 is 4.57 Å². The summed E-state index contributed by atoms with van der Waals surface area (Å²) >= 11 is 0. The lowest BCUT2D eigenvalue weighted by atomic mass is 10.0. The molecular formula is C23H15NO. The number of hydrogen-bond acceptors (Lipinski definition) is 1. The average molecular weight is 321 g/mol. The lowest BCUT2D eigenvalue weighted by molar-refractivity contribution is 1.12. The Kier molecular flexibility index (Phi) is 2.98. The van der Waals surface area contributed by atoms with Gasteiger partial charge >= 0.3 is 0 Å². The monoisotopic (exact) mass is 321 g/mol. The first-order valence-electron chi connectivity index (χ1n) is 8.35. The van der Waals surface area contributed by atoms with Crippen molar-refractivity contribution in [3.63, 3.8) is 0 Å². The number of fused-ring (bicyclic) bond motifs is 3. The van der Waals surface area contributed by atoms with Crippen LogP contribution < -0.4 is 5.43 Å². The van der Waals surface area contributed by atoms with E-state index in [1.807, 2.05) is 36.4 Å². The molecule has 0 N–H and O–H groups in total. The van der Waals surface area contributed by atoms with Crippen molar-refractivity contribution in [3.05, 3.63) is 101 Å². The number of aromatic nitrogens is 1. The summed E-state index contributed by atoms with van der Waals surface area (Å²) in [5.74, 6) is 0. The fourth-order valence-corrected chi connectivity index (χ4v) is 3.63. The molecule has 5 rings (SSSR count). The number of para-hydroxylation sites is 1. The Morgan fingerprint density at radius 1 is 0.640 bits per heavy atom. The molecule has 0 saturated carbocycles. The van der Waals surface area contributed by atoms with E-state index in [1.165, 1.54) is 10.8 Å². The van der Waals surface area contributed by atoms with Gasteiger partial charge in [-0.3, -0.25) is 4.79 Å². The Balaban J connectivity index is 2.03. The Hall–Kier alpha value is -3.39. The summed E-state index contributed by atoms with van der Waals surface area (Å²) in [5, 5.41) is 3.42. The average Bonchev–Trinajstić information content (AvgIpc) is 2.66. The molecule has 3 aromatic carbocycles. The highest BCUT2D eigenvalue weighted by atomic mass is 16.1. The summed E-state index contributed by atoms with van der Waals surface area (Å²) in [6.07, 6.45) is 0. The van der Waals surface area contributed by atoms with Gasteiger partial charge in [-0.05, 0) is 41.1 Å². The zero-order valence-electron chi connectivity index (χ0n) is 13.5. The van der Waals surface area contributed by atoms with E-state index in [4.69, 9.17) is 0 Å². The van der Waals surface area contributed by atoms with Crippen molar-refractivity contribution in [2.45, 2.75) is 0 Å². The molecule has 0 unspecified atom stereocenters. The van der Waals surface area contributed by atoms with Crippen LogP contribution in [0.3, 0.4) is 0 Å². The van der Waals surface area contributed by atoms with Crippen molar-refractivity contribution in [2.75, 3.05) is 0 Å². The van der Waals surface area contributed by atoms with Gasteiger partial charge in [0, 0.05) is 10.9 Å².